The third-order valence-electron chi connectivity index (χ3n) is 4.76. The van der Waals surface area contributed by atoms with Crippen molar-refractivity contribution in [2.75, 3.05) is 27.2 Å². The summed E-state index contributed by atoms with van der Waals surface area (Å²) < 4.78 is 15.9. The summed E-state index contributed by atoms with van der Waals surface area (Å²) in [6, 6.07) is -0.0704. The summed E-state index contributed by atoms with van der Waals surface area (Å²) in [6.45, 7) is 8.26. The van der Waals surface area contributed by atoms with Gasteiger partial charge in [0, 0.05) is 12.6 Å². The van der Waals surface area contributed by atoms with E-state index >= 15 is 0 Å². The first-order valence-corrected chi connectivity index (χ1v) is 10.1. The van der Waals surface area contributed by atoms with Crippen molar-refractivity contribution in [3.8, 4) is 5.75 Å². The summed E-state index contributed by atoms with van der Waals surface area (Å²) in [6.07, 6.45) is 1.24. The highest BCUT2D eigenvalue weighted by molar-refractivity contribution is 5.94. The van der Waals surface area contributed by atoms with Gasteiger partial charge in [0.1, 0.15) is 24.5 Å². The summed E-state index contributed by atoms with van der Waals surface area (Å²) in [5.74, 6) is 0.132. The van der Waals surface area contributed by atoms with E-state index in [-0.39, 0.29) is 29.7 Å². The van der Waals surface area contributed by atoms with E-state index in [9.17, 15) is 14.4 Å². The second-order valence-corrected chi connectivity index (χ2v) is 9.09. The molecule has 2 N–H and O–H groups in total. The molecular weight excluding hydrogens is 390 g/mol. The Hall–Kier alpha value is -2.39. The third kappa shape index (κ3) is 7.14. The van der Waals surface area contributed by atoms with Crippen LogP contribution in [-0.2, 0) is 14.3 Å². The number of nitrogens with one attached hydrogen (secondary N) is 2. The van der Waals surface area contributed by atoms with E-state index in [0.717, 1.165) is 6.54 Å². The van der Waals surface area contributed by atoms with Crippen molar-refractivity contribution in [3.05, 3.63) is 18.1 Å². The van der Waals surface area contributed by atoms with E-state index in [1.54, 1.807) is 6.92 Å². The Morgan fingerprint density at radius 3 is 2.60 bits per heavy atom. The molecule has 2 rings (SSSR count). The molecular formula is C21H33N3O6. The van der Waals surface area contributed by atoms with Gasteiger partial charge in [-0.15, -0.1) is 0 Å². The van der Waals surface area contributed by atoms with Crippen LogP contribution in [0.1, 0.15) is 39.4 Å². The summed E-state index contributed by atoms with van der Waals surface area (Å²) in [4.78, 5) is 39.6. The molecule has 0 aromatic carbocycles. The van der Waals surface area contributed by atoms with Gasteiger partial charge in [-0.25, -0.2) is 4.79 Å². The molecule has 3 atom stereocenters. The maximum Gasteiger partial charge on any atom is 0.413 e. The number of nitrogens with zero attached hydrogens (tertiary/aromatic N) is 1. The Bertz CT molecular complexity index is 752. The summed E-state index contributed by atoms with van der Waals surface area (Å²) in [5.41, 5.74) is -0.249. The molecule has 1 aliphatic heterocycles. The summed E-state index contributed by atoms with van der Waals surface area (Å²) in [5, 5.41) is 5.40. The van der Waals surface area contributed by atoms with Crippen molar-refractivity contribution in [3.63, 3.8) is 0 Å². The zero-order chi connectivity index (χ0) is 22.5. The largest absolute Gasteiger partial charge is 0.466 e. The number of ether oxygens (including phenoxy) is 2. The molecule has 2 heterocycles. The zero-order valence-electron chi connectivity index (χ0n) is 18.6. The van der Waals surface area contributed by atoms with Crippen LogP contribution in [0.25, 0.3) is 0 Å². The van der Waals surface area contributed by atoms with Crippen LogP contribution < -0.4 is 15.4 Å². The minimum Gasteiger partial charge on any atom is -0.466 e. The van der Waals surface area contributed by atoms with Crippen LogP contribution >= 0.6 is 0 Å². The molecule has 0 radical (unpaired) electrons. The van der Waals surface area contributed by atoms with Gasteiger partial charge >= 0.3 is 6.09 Å². The molecule has 0 spiro atoms. The Morgan fingerprint density at radius 2 is 2.03 bits per heavy atom. The zero-order valence-corrected chi connectivity index (χ0v) is 18.6. The predicted molar refractivity (Wildman–Crippen MR) is 110 cm³/mol. The van der Waals surface area contributed by atoms with Gasteiger partial charge in [-0.3, -0.25) is 9.59 Å². The minimum absolute atomic E-state index is 0.0256. The smallest absolute Gasteiger partial charge is 0.413 e. The molecule has 1 saturated heterocycles. The number of ketones is 1. The molecule has 9 heteroatoms. The summed E-state index contributed by atoms with van der Waals surface area (Å²) >= 11 is 0. The number of hydrogen-bond acceptors (Lipinski definition) is 7. The Kier molecular flexibility index (Phi) is 8.03. The van der Waals surface area contributed by atoms with E-state index in [0.29, 0.717) is 18.6 Å². The van der Waals surface area contributed by atoms with Crippen molar-refractivity contribution in [1.82, 2.24) is 15.5 Å². The molecule has 168 valence electrons. The topological polar surface area (TPSA) is 110 Å². The van der Waals surface area contributed by atoms with Gasteiger partial charge in [0.15, 0.2) is 11.5 Å². The van der Waals surface area contributed by atoms with Crippen LogP contribution in [0.15, 0.2) is 16.7 Å². The molecule has 30 heavy (non-hydrogen) atoms. The van der Waals surface area contributed by atoms with Crippen molar-refractivity contribution < 1.29 is 28.3 Å². The Morgan fingerprint density at radius 1 is 1.33 bits per heavy atom. The highest BCUT2D eigenvalue weighted by Crippen LogP contribution is 2.23. The number of carbonyl (C=O) groups is 3. The molecule has 1 aromatic heterocycles. The van der Waals surface area contributed by atoms with Crippen LogP contribution in [0.3, 0.4) is 0 Å². The van der Waals surface area contributed by atoms with Gasteiger partial charge < -0.3 is 29.4 Å². The monoisotopic (exact) mass is 423 g/mol. The second kappa shape index (κ2) is 10.1. The maximum absolute atomic E-state index is 13.0. The standard InChI is InChI=1S/C21H33N3O6/c1-13-16(8-10-28-13)30-20(27)22-14(11-21(2,3)4)19(26)23-18-15(25)12-29-17(18)7-9-24(5)6/h8,10,14,17-18H,7,9,11-12H2,1-6H3,(H,22,27)(H,23,26)/t14-,17?,18?/m0/s1. The number of carbonyl (C=O) groups excluding carboxylic acids is 3. The maximum atomic E-state index is 13.0. The van der Waals surface area contributed by atoms with E-state index in [4.69, 9.17) is 13.9 Å². The van der Waals surface area contributed by atoms with Gasteiger partial charge in [-0.2, -0.15) is 0 Å². The molecule has 1 aromatic rings. The van der Waals surface area contributed by atoms with E-state index < -0.39 is 24.1 Å². The second-order valence-electron chi connectivity index (χ2n) is 9.09. The number of rotatable bonds is 8. The van der Waals surface area contributed by atoms with Gasteiger partial charge in [-0.1, -0.05) is 20.8 Å². The molecule has 0 saturated carbocycles. The Labute approximate surface area is 177 Å². The first-order chi connectivity index (χ1) is 14.0. The van der Waals surface area contributed by atoms with E-state index in [1.807, 2.05) is 39.8 Å². The molecule has 9 nitrogen and oxygen atoms in total. The van der Waals surface area contributed by atoms with Crippen LogP contribution in [0, 0.1) is 12.3 Å². The average molecular weight is 424 g/mol. The fraction of sp³-hybridized carbons (Fsp3) is 0.667. The third-order valence-corrected chi connectivity index (χ3v) is 4.76. The molecule has 0 bridgehead atoms. The number of aryl methyl sites for hydroxylation is 1. The van der Waals surface area contributed by atoms with Crippen LogP contribution in [0.4, 0.5) is 4.79 Å². The molecule has 0 aliphatic carbocycles. The lowest BCUT2D eigenvalue weighted by Crippen LogP contribution is -2.54. The van der Waals surface area contributed by atoms with Crippen LogP contribution in [-0.4, -0.2) is 68.1 Å². The SMILES string of the molecule is Cc1occc1OC(=O)N[C@@H](CC(C)(C)C)C(=O)NC1C(=O)COC1CCN(C)C. The van der Waals surface area contributed by atoms with Crippen LogP contribution in [0.5, 0.6) is 5.75 Å². The fourth-order valence-electron chi connectivity index (χ4n) is 3.22. The van der Waals surface area contributed by atoms with Crippen molar-refractivity contribution in [2.45, 2.75) is 58.7 Å². The number of furan rings is 1. The predicted octanol–water partition coefficient (Wildman–Crippen LogP) is 1.89. The highest BCUT2D eigenvalue weighted by Gasteiger charge is 2.38. The lowest BCUT2D eigenvalue weighted by Gasteiger charge is -2.28. The van der Waals surface area contributed by atoms with Gasteiger partial charge in [0.2, 0.25) is 5.91 Å². The number of Topliss-reactive ketones (excluding diaryl/α,β-unsaturated/α-hetero) is 1. The lowest BCUT2D eigenvalue weighted by molar-refractivity contribution is -0.128. The first-order valence-electron chi connectivity index (χ1n) is 10.1. The van der Waals surface area contributed by atoms with E-state index in [1.165, 1.54) is 12.3 Å². The molecule has 1 aliphatic rings. The van der Waals surface area contributed by atoms with Gasteiger partial charge in [0.05, 0.1) is 12.4 Å². The van der Waals surface area contributed by atoms with Gasteiger partial charge in [0.25, 0.3) is 0 Å². The molecule has 1 fully saturated rings. The Balaban J connectivity index is 2.05. The fourth-order valence-corrected chi connectivity index (χ4v) is 3.22. The first kappa shape index (κ1) is 23.9. The summed E-state index contributed by atoms with van der Waals surface area (Å²) in [7, 11) is 3.86. The normalized spacial score (nSPS) is 20.3. The van der Waals surface area contributed by atoms with Crippen LogP contribution in [0.2, 0.25) is 0 Å². The van der Waals surface area contributed by atoms with E-state index in [2.05, 4.69) is 10.6 Å². The quantitative estimate of drug-likeness (QED) is 0.657. The molecule has 2 unspecified atom stereocenters. The number of hydrogen-bond donors (Lipinski definition) is 2. The number of amides is 2. The van der Waals surface area contributed by atoms with Crippen molar-refractivity contribution in [1.29, 1.82) is 0 Å². The molecule has 2 amide bonds. The van der Waals surface area contributed by atoms with Crippen molar-refractivity contribution in [2.24, 2.45) is 5.41 Å². The highest BCUT2D eigenvalue weighted by atomic mass is 16.6. The lowest BCUT2D eigenvalue weighted by atomic mass is 9.87. The van der Waals surface area contributed by atoms with Gasteiger partial charge in [-0.05, 0) is 39.3 Å². The average Bonchev–Trinajstić information content (AvgIpc) is 3.17. The van der Waals surface area contributed by atoms with Crippen molar-refractivity contribution >= 4 is 17.8 Å². The minimum atomic E-state index is -0.868.